The number of hydrogen-bond donors (Lipinski definition) is 0. The van der Waals surface area contributed by atoms with Gasteiger partial charge in [-0.3, -0.25) is 0 Å². The highest BCUT2D eigenvalue weighted by Gasteiger charge is 2.36. The average molecular weight is 347 g/mol. The lowest BCUT2D eigenvalue weighted by molar-refractivity contribution is 0.607. The molecule has 0 radical (unpaired) electrons. The highest BCUT2D eigenvalue weighted by atomic mass is 32.2. The fraction of sp³-hybridized carbons (Fsp3) is 0.526. The third-order valence-electron chi connectivity index (χ3n) is 4.28. The number of imidazole rings is 1. The zero-order chi connectivity index (χ0) is 16.1. The van der Waals surface area contributed by atoms with E-state index in [1.807, 2.05) is 12.5 Å². The van der Waals surface area contributed by atoms with E-state index in [0.717, 1.165) is 18.9 Å². The molecule has 2 heterocycles. The Morgan fingerprint density at radius 1 is 1.17 bits per heavy atom. The SMILES string of the molecule is CCCc1ccc(CC2(Cn3ccnc3)SCC(C)CS2)cc1. The number of benzene rings is 1. The largest absolute Gasteiger partial charge is 0.335 e. The lowest BCUT2D eigenvalue weighted by Gasteiger charge is -2.38. The number of hydrogen-bond acceptors (Lipinski definition) is 3. The first-order chi connectivity index (χ1) is 11.2. The molecular weight excluding hydrogens is 320 g/mol. The summed E-state index contributed by atoms with van der Waals surface area (Å²) in [4.78, 5) is 4.22. The first-order valence-electron chi connectivity index (χ1n) is 8.50. The van der Waals surface area contributed by atoms with Gasteiger partial charge >= 0.3 is 0 Å². The minimum atomic E-state index is 0.236. The van der Waals surface area contributed by atoms with Gasteiger partial charge in [0.1, 0.15) is 0 Å². The molecule has 2 aromatic rings. The van der Waals surface area contributed by atoms with E-state index in [9.17, 15) is 0 Å². The molecule has 1 aliphatic heterocycles. The lowest BCUT2D eigenvalue weighted by Crippen LogP contribution is -2.35. The van der Waals surface area contributed by atoms with Crippen molar-refractivity contribution >= 4 is 23.5 Å². The van der Waals surface area contributed by atoms with E-state index in [4.69, 9.17) is 0 Å². The van der Waals surface area contributed by atoms with Crippen molar-refractivity contribution in [1.29, 1.82) is 0 Å². The molecule has 1 aromatic carbocycles. The third kappa shape index (κ3) is 4.57. The van der Waals surface area contributed by atoms with Crippen LogP contribution < -0.4 is 0 Å². The van der Waals surface area contributed by atoms with Gasteiger partial charge in [-0.05, 0) is 41.4 Å². The zero-order valence-corrected chi connectivity index (χ0v) is 15.7. The van der Waals surface area contributed by atoms with Gasteiger partial charge in [0.2, 0.25) is 0 Å². The van der Waals surface area contributed by atoms with Crippen molar-refractivity contribution in [3.8, 4) is 0 Å². The fourth-order valence-electron chi connectivity index (χ4n) is 3.01. The molecule has 1 aromatic heterocycles. The Balaban J connectivity index is 1.75. The van der Waals surface area contributed by atoms with Gasteiger partial charge in [-0.1, -0.05) is 44.5 Å². The molecule has 124 valence electrons. The molecule has 0 amide bonds. The summed E-state index contributed by atoms with van der Waals surface area (Å²) < 4.78 is 2.47. The van der Waals surface area contributed by atoms with Crippen LogP contribution in [-0.2, 0) is 19.4 Å². The molecule has 23 heavy (non-hydrogen) atoms. The molecule has 4 heteroatoms. The second kappa shape index (κ2) is 7.80. The molecule has 2 nitrogen and oxygen atoms in total. The molecular formula is C19H26N2S2. The Labute approximate surface area is 148 Å². The van der Waals surface area contributed by atoms with Gasteiger partial charge in [-0.25, -0.2) is 4.98 Å². The van der Waals surface area contributed by atoms with Crippen molar-refractivity contribution in [2.75, 3.05) is 11.5 Å². The number of thioether (sulfide) groups is 2. The highest BCUT2D eigenvalue weighted by molar-refractivity contribution is 8.18. The van der Waals surface area contributed by atoms with E-state index >= 15 is 0 Å². The van der Waals surface area contributed by atoms with Crippen LogP contribution in [0.2, 0.25) is 0 Å². The Bertz CT molecular complexity index is 584. The molecule has 1 fully saturated rings. The van der Waals surface area contributed by atoms with Gasteiger partial charge in [0.15, 0.2) is 0 Å². The van der Waals surface area contributed by atoms with Crippen LogP contribution in [0.3, 0.4) is 0 Å². The second-order valence-corrected chi connectivity index (χ2v) is 9.68. The van der Waals surface area contributed by atoms with E-state index in [1.54, 1.807) is 0 Å². The summed E-state index contributed by atoms with van der Waals surface area (Å²) in [5.41, 5.74) is 2.91. The molecule has 1 aliphatic rings. The summed E-state index contributed by atoms with van der Waals surface area (Å²) in [5.74, 6) is 3.33. The van der Waals surface area contributed by atoms with Crippen LogP contribution in [0.5, 0.6) is 0 Å². The summed E-state index contributed by atoms with van der Waals surface area (Å²) in [6, 6.07) is 9.29. The van der Waals surface area contributed by atoms with E-state index in [1.165, 1.54) is 35.5 Å². The molecule has 0 N–H and O–H groups in total. The molecule has 0 unspecified atom stereocenters. The van der Waals surface area contributed by atoms with E-state index in [2.05, 4.69) is 77.4 Å². The molecule has 0 atom stereocenters. The van der Waals surface area contributed by atoms with Crippen molar-refractivity contribution in [3.05, 3.63) is 54.1 Å². The van der Waals surface area contributed by atoms with Crippen molar-refractivity contribution in [2.24, 2.45) is 5.92 Å². The highest BCUT2D eigenvalue weighted by Crippen LogP contribution is 2.47. The van der Waals surface area contributed by atoms with Crippen LogP contribution in [0.4, 0.5) is 0 Å². The van der Waals surface area contributed by atoms with Gasteiger partial charge in [0.25, 0.3) is 0 Å². The first kappa shape index (κ1) is 17.0. The van der Waals surface area contributed by atoms with Crippen molar-refractivity contribution in [2.45, 2.75) is 43.7 Å². The average Bonchev–Trinajstić information content (AvgIpc) is 3.05. The maximum atomic E-state index is 4.22. The number of rotatable bonds is 6. The predicted molar refractivity (Wildman–Crippen MR) is 103 cm³/mol. The van der Waals surface area contributed by atoms with Crippen LogP contribution >= 0.6 is 23.5 Å². The summed E-state index contributed by atoms with van der Waals surface area (Å²) >= 11 is 4.28. The van der Waals surface area contributed by atoms with Crippen molar-refractivity contribution in [3.63, 3.8) is 0 Å². The molecule has 0 spiro atoms. The maximum Gasteiger partial charge on any atom is 0.0946 e. The Kier molecular flexibility index (Phi) is 5.76. The Morgan fingerprint density at radius 3 is 2.48 bits per heavy atom. The molecule has 1 saturated heterocycles. The van der Waals surface area contributed by atoms with Crippen LogP contribution in [-0.4, -0.2) is 25.1 Å². The van der Waals surface area contributed by atoms with E-state index in [-0.39, 0.29) is 4.08 Å². The quantitative estimate of drug-likeness (QED) is 0.741. The van der Waals surface area contributed by atoms with Crippen LogP contribution in [0.1, 0.15) is 31.4 Å². The lowest BCUT2D eigenvalue weighted by atomic mass is 10.0. The van der Waals surface area contributed by atoms with Gasteiger partial charge in [-0.2, -0.15) is 0 Å². The summed E-state index contributed by atoms with van der Waals surface area (Å²) in [7, 11) is 0. The smallest absolute Gasteiger partial charge is 0.0946 e. The van der Waals surface area contributed by atoms with Crippen LogP contribution in [0.25, 0.3) is 0 Å². The molecule has 0 aliphatic carbocycles. The normalized spacial score (nSPS) is 24.7. The van der Waals surface area contributed by atoms with Gasteiger partial charge < -0.3 is 4.57 Å². The zero-order valence-electron chi connectivity index (χ0n) is 14.1. The van der Waals surface area contributed by atoms with Crippen LogP contribution in [0, 0.1) is 5.92 Å². The van der Waals surface area contributed by atoms with Gasteiger partial charge in [0.05, 0.1) is 10.4 Å². The predicted octanol–water partition coefficient (Wildman–Crippen LogP) is 4.89. The van der Waals surface area contributed by atoms with Crippen molar-refractivity contribution in [1.82, 2.24) is 9.55 Å². The summed E-state index contributed by atoms with van der Waals surface area (Å²) in [6.07, 6.45) is 9.44. The minimum absolute atomic E-state index is 0.236. The standard InChI is InChI=1S/C19H26N2S2/c1-3-4-17-5-7-18(8-6-17)11-19(14-21-10-9-20-15-21)22-12-16(2)13-23-19/h5-10,15-16H,3-4,11-14H2,1-2H3. The Hall–Kier alpha value is -0.870. The third-order valence-corrected chi connectivity index (χ3v) is 8.06. The number of aryl methyl sites for hydroxylation is 1. The maximum absolute atomic E-state index is 4.22. The number of nitrogens with zero attached hydrogens (tertiary/aromatic N) is 2. The monoisotopic (exact) mass is 346 g/mol. The van der Waals surface area contributed by atoms with Crippen molar-refractivity contribution < 1.29 is 0 Å². The molecule has 0 saturated carbocycles. The summed E-state index contributed by atoms with van der Waals surface area (Å²) in [5, 5.41) is 0. The molecule has 0 bridgehead atoms. The van der Waals surface area contributed by atoms with Gasteiger partial charge in [-0.15, -0.1) is 23.5 Å². The molecule has 3 rings (SSSR count). The number of aromatic nitrogens is 2. The second-order valence-electron chi connectivity index (χ2n) is 6.62. The van der Waals surface area contributed by atoms with Gasteiger partial charge in [0, 0.05) is 18.9 Å². The van der Waals surface area contributed by atoms with Crippen LogP contribution in [0.15, 0.2) is 43.0 Å². The minimum Gasteiger partial charge on any atom is -0.335 e. The Morgan fingerprint density at radius 2 is 1.87 bits per heavy atom. The summed E-state index contributed by atoms with van der Waals surface area (Å²) in [6.45, 7) is 5.64. The first-order valence-corrected chi connectivity index (χ1v) is 10.5. The van der Waals surface area contributed by atoms with E-state index < -0.39 is 0 Å². The topological polar surface area (TPSA) is 17.8 Å². The van der Waals surface area contributed by atoms with E-state index in [0.29, 0.717) is 0 Å². The fourth-order valence-corrected chi connectivity index (χ4v) is 6.33.